The van der Waals surface area contributed by atoms with Crippen molar-refractivity contribution in [1.82, 2.24) is 0 Å². The van der Waals surface area contributed by atoms with E-state index in [0.29, 0.717) is 11.3 Å². The van der Waals surface area contributed by atoms with Crippen LogP contribution in [0.3, 0.4) is 0 Å². The number of nitrogens with zero attached hydrogens (tertiary/aromatic N) is 1. The van der Waals surface area contributed by atoms with Crippen LogP contribution in [0.4, 0.5) is 23.2 Å². The summed E-state index contributed by atoms with van der Waals surface area (Å²) in [5, 5.41) is 0. The Morgan fingerprint density at radius 3 is 2.04 bits per heavy atom. The molecule has 2 N–H and O–H groups in total. The molecule has 2 rings (SSSR count). The summed E-state index contributed by atoms with van der Waals surface area (Å²) in [5.41, 5.74) is 5.05. The molecule has 0 heterocycles. The molecule has 2 aromatic rings. The van der Waals surface area contributed by atoms with Crippen molar-refractivity contribution in [3.05, 3.63) is 65.5 Å². The third-order valence-corrected chi connectivity index (χ3v) is 3.66. The Labute approximate surface area is 147 Å². The molecule has 0 fully saturated rings. The van der Waals surface area contributed by atoms with E-state index in [2.05, 4.69) is 0 Å². The maximum Gasteiger partial charge on any atom is 0.416 e. The maximum atomic E-state index is 13.1. The van der Waals surface area contributed by atoms with Crippen molar-refractivity contribution >= 4 is 17.5 Å². The van der Waals surface area contributed by atoms with Gasteiger partial charge in [0.25, 0.3) is 0 Å². The van der Waals surface area contributed by atoms with Crippen molar-refractivity contribution in [3.63, 3.8) is 0 Å². The molecule has 8 heteroatoms. The first-order valence-corrected chi connectivity index (χ1v) is 7.67. The topological polar surface area (TPSA) is 63.4 Å². The van der Waals surface area contributed by atoms with Gasteiger partial charge in [0.05, 0.1) is 12.0 Å². The van der Waals surface area contributed by atoms with Crippen LogP contribution in [0, 0.1) is 5.82 Å². The fourth-order valence-electron chi connectivity index (χ4n) is 2.32. The van der Waals surface area contributed by atoms with Crippen LogP contribution in [-0.2, 0) is 22.2 Å². The number of rotatable bonds is 6. The lowest BCUT2D eigenvalue weighted by Crippen LogP contribution is -2.35. The normalized spacial score (nSPS) is 11.2. The van der Waals surface area contributed by atoms with Crippen molar-refractivity contribution in [2.45, 2.75) is 19.0 Å². The van der Waals surface area contributed by atoms with E-state index < -0.39 is 29.4 Å². The monoisotopic (exact) mass is 368 g/mol. The minimum Gasteiger partial charge on any atom is -0.370 e. The molecule has 0 bridgehead atoms. The Kier molecular flexibility index (Phi) is 5.97. The van der Waals surface area contributed by atoms with Gasteiger partial charge in [-0.2, -0.15) is 13.2 Å². The Hall–Kier alpha value is -2.90. The smallest absolute Gasteiger partial charge is 0.370 e. The molecule has 0 aliphatic carbocycles. The second-order valence-electron chi connectivity index (χ2n) is 5.61. The van der Waals surface area contributed by atoms with Crippen LogP contribution in [0.2, 0.25) is 0 Å². The van der Waals surface area contributed by atoms with Gasteiger partial charge in [0.15, 0.2) is 0 Å². The summed E-state index contributed by atoms with van der Waals surface area (Å²) in [5.74, 6) is -1.55. The van der Waals surface area contributed by atoms with Crippen LogP contribution in [-0.4, -0.2) is 18.4 Å². The second kappa shape index (κ2) is 7.99. The number of hydrogen-bond donors (Lipinski definition) is 1. The molecule has 0 radical (unpaired) electrons. The summed E-state index contributed by atoms with van der Waals surface area (Å²) in [4.78, 5) is 24.8. The first-order chi connectivity index (χ1) is 12.2. The number of halogens is 4. The lowest BCUT2D eigenvalue weighted by Gasteiger charge is -2.22. The number of anilines is 1. The number of amides is 2. The van der Waals surface area contributed by atoms with Crippen molar-refractivity contribution in [3.8, 4) is 0 Å². The van der Waals surface area contributed by atoms with Gasteiger partial charge in [0, 0.05) is 18.7 Å². The second-order valence-corrected chi connectivity index (χ2v) is 5.61. The van der Waals surface area contributed by atoms with Crippen LogP contribution >= 0.6 is 0 Å². The highest BCUT2D eigenvalue weighted by Gasteiger charge is 2.30. The van der Waals surface area contributed by atoms with E-state index in [9.17, 15) is 27.2 Å². The van der Waals surface area contributed by atoms with Crippen LogP contribution in [0.25, 0.3) is 0 Å². The molecule has 0 atom stereocenters. The molecule has 0 saturated carbocycles. The van der Waals surface area contributed by atoms with Gasteiger partial charge in [-0.05, 0) is 42.0 Å². The fraction of sp³-hybridized carbons (Fsp3) is 0.222. The van der Waals surface area contributed by atoms with E-state index in [1.54, 1.807) is 0 Å². The SMILES string of the molecule is NC(=O)CCN(C(=O)Cc1ccc(C(F)(F)F)cc1)c1ccc(F)cc1. The zero-order chi connectivity index (χ0) is 19.3. The quantitative estimate of drug-likeness (QED) is 0.796. The lowest BCUT2D eigenvalue weighted by molar-refractivity contribution is -0.137. The van der Waals surface area contributed by atoms with Crippen LogP contribution in [0.5, 0.6) is 0 Å². The van der Waals surface area contributed by atoms with Crippen molar-refractivity contribution in [2.75, 3.05) is 11.4 Å². The predicted octanol–water partition coefficient (Wildman–Crippen LogP) is 3.30. The number of benzene rings is 2. The summed E-state index contributed by atoms with van der Waals surface area (Å²) < 4.78 is 50.8. The molecule has 0 aliphatic rings. The summed E-state index contributed by atoms with van der Waals surface area (Å²) in [6, 6.07) is 9.32. The number of nitrogens with two attached hydrogens (primary N) is 1. The van der Waals surface area contributed by atoms with E-state index in [0.717, 1.165) is 24.3 Å². The Balaban J connectivity index is 2.17. The van der Waals surface area contributed by atoms with Gasteiger partial charge < -0.3 is 10.6 Å². The summed E-state index contributed by atoms with van der Waals surface area (Å²) in [6.07, 6.45) is -4.73. The molecule has 0 aromatic heterocycles. The van der Waals surface area contributed by atoms with E-state index in [4.69, 9.17) is 5.73 Å². The van der Waals surface area contributed by atoms with Crippen LogP contribution in [0.15, 0.2) is 48.5 Å². The zero-order valence-electron chi connectivity index (χ0n) is 13.6. The number of primary amides is 1. The number of carbonyl (C=O) groups is 2. The van der Waals surface area contributed by atoms with E-state index in [1.165, 1.54) is 29.2 Å². The molecule has 0 spiro atoms. The lowest BCUT2D eigenvalue weighted by atomic mass is 10.1. The molecule has 0 aliphatic heterocycles. The Morgan fingerprint density at radius 1 is 0.962 bits per heavy atom. The van der Waals surface area contributed by atoms with Gasteiger partial charge in [0.2, 0.25) is 11.8 Å². The van der Waals surface area contributed by atoms with Gasteiger partial charge in [0.1, 0.15) is 5.82 Å². The van der Waals surface area contributed by atoms with E-state index in [1.807, 2.05) is 0 Å². The molecule has 0 unspecified atom stereocenters. The highest BCUT2D eigenvalue weighted by atomic mass is 19.4. The molecule has 2 amide bonds. The zero-order valence-corrected chi connectivity index (χ0v) is 13.6. The van der Waals surface area contributed by atoms with Gasteiger partial charge in [-0.3, -0.25) is 9.59 Å². The molecule has 4 nitrogen and oxygen atoms in total. The third-order valence-electron chi connectivity index (χ3n) is 3.66. The molecule has 2 aromatic carbocycles. The number of carbonyl (C=O) groups excluding carboxylic acids is 2. The first kappa shape index (κ1) is 19.4. The Morgan fingerprint density at radius 2 is 1.54 bits per heavy atom. The van der Waals surface area contributed by atoms with Crippen molar-refractivity contribution < 1.29 is 27.2 Å². The maximum absolute atomic E-state index is 13.1. The van der Waals surface area contributed by atoms with Crippen molar-refractivity contribution in [1.29, 1.82) is 0 Å². The van der Waals surface area contributed by atoms with Crippen molar-refractivity contribution in [2.24, 2.45) is 5.73 Å². The van der Waals surface area contributed by atoms with Gasteiger partial charge in [-0.25, -0.2) is 4.39 Å². The van der Waals surface area contributed by atoms with Gasteiger partial charge in [-0.1, -0.05) is 12.1 Å². The summed E-state index contributed by atoms with van der Waals surface area (Å²) in [7, 11) is 0. The molecular weight excluding hydrogens is 352 g/mol. The molecule has 26 heavy (non-hydrogen) atoms. The van der Waals surface area contributed by atoms with E-state index in [-0.39, 0.29) is 19.4 Å². The minimum atomic E-state index is -4.45. The van der Waals surface area contributed by atoms with E-state index >= 15 is 0 Å². The van der Waals surface area contributed by atoms with Crippen LogP contribution < -0.4 is 10.6 Å². The predicted molar refractivity (Wildman–Crippen MR) is 87.7 cm³/mol. The highest BCUT2D eigenvalue weighted by molar-refractivity contribution is 5.95. The molecule has 0 saturated heterocycles. The first-order valence-electron chi connectivity index (χ1n) is 7.67. The summed E-state index contributed by atoms with van der Waals surface area (Å²) in [6.45, 7) is -0.0135. The number of hydrogen-bond acceptors (Lipinski definition) is 2. The standard InChI is InChI=1S/C18H16F4N2O2/c19-14-5-7-15(8-6-14)24(10-9-16(23)25)17(26)11-12-1-3-13(4-2-12)18(20,21)22/h1-8H,9-11H2,(H2,23,25). The third kappa shape index (κ3) is 5.30. The molecular formula is C18H16F4N2O2. The highest BCUT2D eigenvalue weighted by Crippen LogP contribution is 2.29. The van der Waals surface area contributed by atoms with Gasteiger partial charge >= 0.3 is 6.18 Å². The molecule has 138 valence electrons. The summed E-state index contributed by atoms with van der Waals surface area (Å²) >= 11 is 0. The largest absolute Gasteiger partial charge is 0.416 e. The Bertz CT molecular complexity index is 771. The average molecular weight is 368 g/mol. The fourth-order valence-corrected chi connectivity index (χ4v) is 2.32. The minimum absolute atomic E-state index is 0.0135. The number of alkyl halides is 3. The average Bonchev–Trinajstić information content (AvgIpc) is 2.56. The van der Waals surface area contributed by atoms with Gasteiger partial charge in [-0.15, -0.1) is 0 Å². The van der Waals surface area contributed by atoms with Crippen LogP contribution in [0.1, 0.15) is 17.5 Å².